The van der Waals surface area contributed by atoms with Crippen LogP contribution in [0.1, 0.15) is 40.9 Å². The third-order valence-corrected chi connectivity index (χ3v) is 9.32. The van der Waals surface area contributed by atoms with Gasteiger partial charge in [0.2, 0.25) is 5.88 Å². The maximum Gasteiger partial charge on any atom is 0.291 e. The number of carbonyl (C=O) groups is 1. The largest absolute Gasteiger partial charge is 0.481 e. The quantitative estimate of drug-likeness (QED) is 0.231. The Bertz CT molecular complexity index is 1750. The number of aromatic nitrogens is 4. The smallest absolute Gasteiger partial charge is 0.291 e. The Hall–Kier alpha value is -3.58. The highest BCUT2D eigenvalue weighted by molar-refractivity contribution is 6.39. The normalized spacial score (nSPS) is 18.3. The lowest BCUT2D eigenvalue weighted by molar-refractivity contribution is -0.0281. The van der Waals surface area contributed by atoms with E-state index in [0.29, 0.717) is 89.2 Å². The van der Waals surface area contributed by atoms with Crippen LogP contribution in [-0.4, -0.2) is 81.5 Å². The molecule has 13 heteroatoms. The van der Waals surface area contributed by atoms with E-state index in [1.165, 1.54) is 0 Å². The lowest BCUT2D eigenvalue weighted by atomic mass is 10.0. The van der Waals surface area contributed by atoms with E-state index in [1.54, 1.807) is 19.4 Å². The minimum atomic E-state index is -0.577. The second-order valence-corrected chi connectivity index (χ2v) is 12.3. The van der Waals surface area contributed by atoms with Crippen molar-refractivity contribution >= 4 is 34.8 Å². The van der Waals surface area contributed by atoms with Crippen LogP contribution in [-0.2, 0) is 30.8 Å². The van der Waals surface area contributed by atoms with Crippen molar-refractivity contribution < 1.29 is 19.4 Å². The van der Waals surface area contributed by atoms with Gasteiger partial charge in [-0.15, -0.1) is 0 Å². The monoisotopic (exact) mass is 665 g/mol. The summed E-state index contributed by atoms with van der Waals surface area (Å²) < 4.78 is 12.9. The Morgan fingerprint density at radius 3 is 2.65 bits per heavy atom. The second kappa shape index (κ2) is 14.0. The molecule has 4 aromatic rings. The first-order chi connectivity index (χ1) is 22.3. The number of hydrogen-bond donors (Lipinski definition) is 3. The van der Waals surface area contributed by atoms with Crippen LogP contribution in [0.3, 0.4) is 0 Å². The third kappa shape index (κ3) is 6.48. The molecular formula is C33H37Cl2N7O4. The summed E-state index contributed by atoms with van der Waals surface area (Å²) in [5.41, 5.74) is 5.16. The molecule has 2 atom stereocenters. The average Bonchev–Trinajstić information content (AvgIpc) is 3.43. The number of rotatable bonds is 9. The predicted molar refractivity (Wildman–Crippen MR) is 177 cm³/mol. The number of nitrogens with one attached hydrogen (secondary N) is 2. The fraction of sp³-hybridized carbons (Fsp3) is 0.394. The van der Waals surface area contributed by atoms with Gasteiger partial charge in [0, 0.05) is 79.4 Å². The molecule has 0 aliphatic carbocycles. The molecule has 11 nitrogen and oxygen atoms in total. The van der Waals surface area contributed by atoms with Crippen LogP contribution < -0.4 is 15.4 Å². The first-order valence-electron chi connectivity index (χ1n) is 15.3. The van der Waals surface area contributed by atoms with Crippen molar-refractivity contribution in [3.05, 3.63) is 75.4 Å². The molecule has 46 heavy (non-hydrogen) atoms. The summed E-state index contributed by atoms with van der Waals surface area (Å²) in [7, 11) is 3.60. The molecule has 1 amide bonds. The lowest BCUT2D eigenvalue weighted by Crippen LogP contribution is -2.46. The summed E-state index contributed by atoms with van der Waals surface area (Å²) in [5.74, 6) is 0.847. The molecule has 242 valence electrons. The molecule has 0 radical (unpaired) electrons. The molecule has 3 N–H and O–H groups in total. The molecule has 2 aromatic heterocycles. The topological polar surface area (TPSA) is 127 Å². The van der Waals surface area contributed by atoms with Crippen LogP contribution >= 0.6 is 23.2 Å². The number of aliphatic hydroxyl groups excluding tert-OH is 1. The van der Waals surface area contributed by atoms with Gasteiger partial charge in [-0.25, -0.2) is 9.97 Å². The molecule has 4 heterocycles. The highest BCUT2D eigenvalue weighted by Crippen LogP contribution is 2.41. The summed E-state index contributed by atoms with van der Waals surface area (Å²) in [6, 6.07) is 10.9. The van der Waals surface area contributed by atoms with Crippen LogP contribution in [0.25, 0.3) is 22.5 Å². The van der Waals surface area contributed by atoms with Gasteiger partial charge in [0.1, 0.15) is 0 Å². The van der Waals surface area contributed by atoms with Gasteiger partial charge in [-0.3, -0.25) is 4.79 Å². The van der Waals surface area contributed by atoms with Gasteiger partial charge in [0.05, 0.1) is 41.2 Å². The van der Waals surface area contributed by atoms with E-state index in [-0.39, 0.29) is 11.9 Å². The SMILES string of the molecule is CCn1c(C(=O)Nc2cccc(-c3cccc(-c4ncc(CN[C@H]5CCOC[C@@H]5O)c(OC)n4)c3Cl)c2Cl)nc2c1CCN(C)C2. The van der Waals surface area contributed by atoms with Gasteiger partial charge in [-0.05, 0) is 32.5 Å². The van der Waals surface area contributed by atoms with Gasteiger partial charge in [-0.1, -0.05) is 47.5 Å². The van der Waals surface area contributed by atoms with Gasteiger partial charge < -0.3 is 34.7 Å². The zero-order chi connectivity index (χ0) is 32.4. The van der Waals surface area contributed by atoms with Crippen LogP contribution in [0.15, 0.2) is 42.6 Å². The first kappa shape index (κ1) is 32.4. The zero-order valence-electron chi connectivity index (χ0n) is 26.0. The van der Waals surface area contributed by atoms with E-state index in [0.717, 1.165) is 29.9 Å². The summed E-state index contributed by atoms with van der Waals surface area (Å²) in [6.45, 7) is 5.63. The second-order valence-electron chi connectivity index (χ2n) is 11.5. The molecule has 0 bridgehead atoms. The minimum absolute atomic E-state index is 0.0877. The Morgan fingerprint density at radius 2 is 1.89 bits per heavy atom. The lowest BCUT2D eigenvalue weighted by Gasteiger charge is -2.28. The molecule has 2 aliphatic rings. The molecule has 0 spiro atoms. The number of methoxy groups -OCH3 is 1. The molecular weight excluding hydrogens is 629 g/mol. The molecule has 0 saturated carbocycles. The summed E-state index contributed by atoms with van der Waals surface area (Å²) in [5, 5.41) is 17.3. The molecule has 2 aromatic carbocycles. The summed E-state index contributed by atoms with van der Waals surface area (Å²) in [6.07, 6.45) is 2.68. The summed E-state index contributed by atoms with van der Waals surface area (Å²) in [4.78, 5) is 29.6. The van der Waals surface area contributed by atoms with Crippen LogP contribution in [0.2, 0.25) is 10.0 Å². The number of ether oxygens (including phenoxy) is 2. The van der Waals surface area contributed by atoms with Crippen molar-refractivity contribution in [2.75, 3.05) is 39.2 Å². The number of aliphatic hydroxyl groups is 1. The number of likely N-dealkylation sites (N-methyl/N-ethyl adjacent to an activating group) is 1. The molecule has 0 unspecified atom stereocenters. The number of halogens is 2. The highest BCUT2D eigenvalue weighted by Gasteiger charge is 2.27. The van der Waals surface area contributed by atoms with E-state index in [2.05, 4.69) is 32.5 Å². The third-order valence-electron chi connectivity index (χ3n) is 8.50. The van der Waals surface area contributed by atoms with Crippen molar-refractivity contribution in [2.45, 2.75) is 51.5 Å². The Balaban J connectivity index is 1.25. The number of nitrogens with zero attached hydrogens (tertiary/aromatic N) is 5. The Labute approximate surface area is 277 Å². The number of benzene rings is 2. The molecule has 1 fully saturated rings. The Kier molecular flexibility index (Phi) is 9.88. The van der Waals surface area contributed by atoms with E-state index in [4.69, 9.17) is 37.7 Å². The maximum atomic E-state index is 13.5. The summed E-state index contributed by atoms with van der Waals surface area (Å²) >= 11 is 13.9. The van der Waals surface area contributed by atoms with Crippen molar-refractivity contribution in [3.8, 4) is 28.4 Å². The standard InChI is InChI=1S/C33H37Cl2N7O4/c1-4-42-26-11-13-41(2)17-25(26)38-31(42)32(44)39-24-10-6-8-21(29(24)35)20-7-5-9-22(28(20)34)30-37-16-19(33(40-30)45-3)15-36-23-12-14-46-18-27(23)43/h5-10,16,23,27,36,43H,4,11-15,17-18H2,1-3H3,(H,39,44)/t23-,27-/m0/s1. The molecule has 2 aliphatic heterocycles. The minimum Gasteiger partial charge on any atom is -0.481 e. The van der Waals surface area contributed by atoms with E-state index >= 15 is 0 Å². The number of anilines is 1. The zero-order valence-corrected chi connectivity index (χ0v) is 27.5. The van der Waals surface area contributed by atoms with Crippen LogP contribution in [0.4, 0.5) is 5.69 Å². The van der Waals surface area contributed by atoms with Gasteiger partial charge in [-0.2, -0.15) is 4.98 Å². The number of hydrogen-bond acceptors (Lipinski definition) is 9. The van der Waals surface area contributed by atoms with Crippen LogP contribution in [0.5, 0.6) is 5.88 Å². The van der Waals surface area contributed by atoms with Crippen molar-refractivity contribution in [1.82, 2.24) is 29.7 Å². The number of carbonyl (C=O) groups excluding carboxylic acids is 1. The van der Waals surface area contributed by atoms with Crippen molar-refractivity contribution in [1.29, 1.82) is 0 Å². The first-order valence-corrected chi connectivity index (χ1v) is 16.1. The van der Waals surface area contributed by atoms with Gasteiger partial charge in [0.25, 0.3) is 5.91 Å². The van der Waals surface area contributed by atoms with Crippen molar-refractivity contribution in [2.24, 2.45) is 0 Å². The predicted octanol–water partition coefficient (Wildman–Crippen LogP) is 4.82. The van der Waals surface area contributed by atoms with Crippen molar-refractivity contribution in [3.63, 3.8) is 0 Å². The Morgan fingerprint density at radius 1 is 1.13 bits per heavy atom. The van der Waals surface area contributed by atoms with E-state index in [9.17, 15) is 9.90 Å². The fourth-order valence-electron chi connectivity index (χ4n) is 6.04. The number of amides is 1. The maximum absolute atomic E-state index is 13.5. The van der Waals surface area contributed by atoms with E-state index < -0.39 is 6.10 Å². The molecule has 6 rings (SSSR count). The fourth-order valence-corrected chi connectivity index (χ4v) is 6.62. The van der Waals surface area contributed by atoms with E-state index in [1.807, 2.05) is 41.8 Å². The average molecular weight is 667 g/mol. The van der Waals surface area contributed by atoms with Crippen LogP contribution in [0, 0.1) is 0 Å². The molecule has 1 saturated heterocycles. The number of imidazole rings is 1. The highest BCUT2D eigenvalue weighted by atomic mass is 35.5. The van der Waals surface area contributed by atoms with Gasteiger partial charge in [0.15, 0.2) is 11.6 Å². The number of fused-ring (bicyclic) bond motifs is 1. The van der Waals surface area contributed by atoms with Gasteiger partial charge >= 0.3 is 0 Å².